The Morgan fingerprint density at radius 1 is 1.41 bits per heavy atom. The quantitative estimate of drug-likeness (QED) is 0.851. The van der Waals surface area contributed by atoms with Gasteiger partial charge >= 0.3 is 6.18 Å². The summed E-state index contributed by atoms with van der Waals surface area (Å²) in [6.45, 7) is 0.555. The van der Waals surface area contributed by atoms with Gasteiger partial charge in [0.2, 0.25) is 10.0 Å². The largest absolute Gasteiger partial charge is 0.417 e. The molecule has 0 bridgehead atoms. The molecule has 1 aliphatic rings. The van der Waals surface area contributed by atoms with Gasteiger partial charge in [-0.3, -0.25) is 0 Å². The zero-order valence-electron chi connectivity index (χ0n) is 11.7. The highest BCUT2D eigenvalue weighted by Crippen LogP contribution is 2.31. The molecule has 1 aliphatic heterocycles. The van der Waals surface area contributed by atoms with E-state index < -0.39 is 33.6 Å². The molecule has 1 fully saturated rings. The van der Waals surface area contributed by atoms with Crippen LogP contribution >= 0.6 is 0 Å². The fourth-order valence-electron chi connectivity index (χ4n) is 2.39. The van der Waals surface area contributed by atoms with E-state index in [2.05, 4.69) is 9.71 Å². The second-order valence-corrected chi connectivity index (χ2v) is 6.98. The van der Waals surface area contributed by atoms with Crippen LogP contribution in [-0.2, 0) is 16.2 Å². The first-order valence-corrected chi connectivity index (χ1v) is 8.40. The summed E-state index contributed by atoms with van der Waals surface area (Å²) in [4.78, 5) is 5.00. The SMILES string of the molecule is CS(=O)(=O)NC1CCCN(c2ncc(C(F)(F)F)cc2F)C1. The van der Waals surface area contributed by atoms with Crippen LogP contribution in [0.5, 0.6) is 0 Å². The van der Waals surface area contributed by atoms with Gasteiger partial charge in [-0.2, -0.15) is 13.2 Å². The summed E-state index contributed by atoms with van der Waals surface area (Å²) < 4.78 is 76.2. The summed E-state index contributed by atoms with van der Waals surface area (Å²) in [6.07, 6.45) is -1.91. The Kier molecular flexibility index (Phi) is 4.62. The van der Waals surface area contributed by atoms with Gasteiger partial charge in [0.05, 0.1) is 11.8 Å². The summed E-state index contributed by atoms with van der Waals surface area (Å²) in [5, 5.41) is 0. The van der Waals surface area contributed by atoms with E-state index in [0.717, 1.165) is 6.26 Å². The number of piperidine rings is 1. The molecule has 1 unspecified atom stereocenters. The number of nitrogens with one attached hydrogen (secondary N) is 1. The molecule has 2 heterocycles. The molecule has 1 N–H and O–H groups in total. The molecule has 0 amide bonds. The zero-order valence-corrected chi connectivity index (χ0v) is 12.5. The van der Waals surface area contributed by atoms with Gasteiger partial charge < -0.3 is 4.90 Å². The van der Waals surface area contributed by atoms with E-state index in [1.807, 2.05) is 0 Å². The van der Waals surface area contributed by atoms with Crippen LogP contribution in [0.4, 0.5) is 23.4 Å². The summed E-state index contributed by atoms with van der Waals surface area (Å²) in [6, 6.07) is -0.0251. The summed E-state index contributed by atoms with van der Waals surface area (Å²) in [5.74, 6) is -1.28. The summed E-state index contributed by atoms with van der Waals surface area (Å²) in [7, 11) is -3.41. The second kappa shape index (κ2) is 5.99. The first-order chi connectivity index (χ1) is 10.1. The number of pyridine rings is 1. The second-order valence-electron chi connectivity index (χ2n) is 5.20. The number of nitrogens with zero attached hydrogens (tertiary/aromatic N) is 2. The van der Waals surface area contributed by atoms with Crippen molar-refractivity contribution in [1.29, 1.82) is 0 Å². The lowest BCUT2D eigenvalue weighted by Crippen LogP contribution is -2.48. The lowest BCUT2D eigenvalue weighted by molar-refractivity contribution is -0.138. The van der Waals surface area contributed by atoms with Crippen molar-refractivity contribution < 1.29 is 26.0 Å². The molecule has 22 heavy (non-hydrogen) atoms. The van der Waals surface area contributed by atoms with Crippen molar-refractivity contribution in [3.8, 4) is 0 Å². The Morgan fingerprint density at radius 2 is 2.09 bits per heavy atom. The van der Waals surface area contributed by atoms with Crippen molar-refractivity contribution in [3.05, 3.63) is 23.6 Å². The van der Waals surface area contributed by atoms with Gasteiger partial charge in [-0.15, -0.1) is 0 Å². The molecule has 0 saturated carbocycles. The maximum Gasteiger partial charge on any atom is 0.417 e. The Balaban J connectivity index is 2.17. The number of sulfonamides is 1. The third-order valence-electron chi connectivity index (χ3n) is 3.25. The zero-order chi connectivity index (χ0) is 16.5. The third kappa shape index (κ3) is 4.29. The Labute approximate surface area is 125 Å². The van der Waals surface area contributed by atoms with Crippen molar-refractivity contribution in [2.24, 2.45) is 0 Å². The number of alkyl halides is 3. The molecule has 2 rings (SSSR count). The first-order valence-electron chi connectivity index (χ1n) is 6.51. The average Bonchev–Trinajstić information content (AvgIpc) is 2.35. The summed E-state index contributed by atoms with van der Waals surface area (Å²) in [5.41, 5.74) is -1.16. The van der Waals surface area contributed by atoms with E-state index in [0.29, 0.717) is 31.6 Å². The topological polar surface area (TPSA) is 62.3 Å². The van der Waals surface area contributed by atoms with Gasteiger partial charge in [0.1, 0.15) is 0 Å². The van der Waals surface area contributed by atoms with Crippen LogP contribution in [0.3, 0.4) is 0 Å². The molecule has 124 valence electrons. The minimum atomic E-state index is -4.66. The van der Waals surface area contributed by atoms with Gasteiger partial charge in [-0.1, -0.05) is 0 Å². The minimum absolute atomic E-state index is 0.155. The van der Waals surface area contributed by atoms with Crippen molar-refractivity contribution in [1.82, 2.24) is 9.71 Å². The van der Waals surface area contributed by atoms with E-state index in [1.165, 1.54) is 4.90 Å². The molecular formula is C12H15F4N3O2S. The Hall–Kier alpha value is -1.42. The smallest absolute Gasteiger partial charge is 0.353 e. The average molecular weight is 341 g/mol. The number of halogens is 4. The number of rotatable bonds is 3. The molecule has 10 heteroatoms. The fraction of sp³-hybridized carbons (Fsp3) is 0.583. The number of aromatic nitrogens is 1. The standard InChI is InChI=1S/C12H15F4N3O2S/c1-22(20,21)18-9-3-2-4-19(7-9)11-10(13)5-8(6-17-11)12(14,15)16/h5-6,9,18H,2-4,7H2,1H3. The van der Waals surface area contributed by atoms with Crippen molar-refractivity contribution in [3.63, 3.8) is 0 Å². The highest BCUT2D eigenvalue weighted by atomic mass is 32.2. The van der Waals surface area contributed by atoms with Crippen molar-refractivity contribution >= 4 is 15.8 Å². The van der Waals surface area contributed by atoms with E-state index in [-0.39, 0.29) is 12.4 Å². The lowest BCUT2D eigenvalue weighted by atomic mass is 10.1. The van der Waals surface area contributed by atoms with Gasteiger partial charge in [0.15, 0.2) is 11.6 Å². The monoisotopic (exact) mass is 341 g/mol. The van der Waals surface area contributed by atoms with E-state index in [9.17, 15) is 26.0 Å². The van der Waals surface area contributed by atoms with Gasteiger partial charge in [-0.05, 0) is 18.9 Å². The van der Waals surface area contributed by atoms with Gasteiger partial charge in [0, 0.05) is 25.3 Å². The van der Waals surface area contributed by atoms with Gasteiger partial charge in [0.25, 0.3) is 0 Å². The number of anilines is 1. The van der Waals surface area contributed by atoms with E-state index in [4.69, 9.17) is 0 Å². The third-order valence-corrected chi connectivity index (χ3v) is 4.01. The fourth-order valence-corrected chi connectivity index (χ4v) is 3.18. The van der Waals surface area contributed by atoms with Gasteiger partial charge in [-0.25, -0.2) is 22.5 Å². The molecule has 0 spiro atoms. The maximum atomic E-state index is 13.9. The van der Waals surface area contributed by atoms with E-state index in [1.54, 1.807) is 0 Å². The maximum absolute atomic E-state index is 13.9. The predicted octanol–water partition coefficient (Wildman–Crippen LogP) is 1.76. The Morgan fingerprint density at radius 3 is 2.64 bits per heavy atom. The van der Waals surface area contributed by atoms with Crippen LogP contribution in [0.25, 0.3) is 0 Å². The molecule has 0 aliphatic carbocycles. The number of hydrogen-bond acceptors (Lipinski definition) is 4. The first kappa shape index (κ1) is 16.9. The molecule has 1 saturated heterocycles. The molecule has 0 radical (unpaired) electrons. The Bertz CT molecular complexity index is 648. The lowest BCUT2D eigenvalue weighted by Gasteiger charge is -2.33. The molecule has 1 aromatic rings. The van der Waals surface area contributed by atoms with Crippen LogP contribution in [0.1, 0.15) is 18.4 Å². The van der Waals surface area contributed by atoms with E-state index >= 15 is 0 Å². The predicted molar refractivity (Wildman–Crippen MR) is 72.4 cm³/mol. The van der Waals surface area contributed by atoms with Crippen LogP contribution < -0.4 is 9.62 Å². The normalized spacial score (nSPS) is 20.2. The van der Waals surface area contributed by atoms with Crippen molar-refractivity contribution in [2.45, 2.75) is 25.1 Å². The molecule has 1 atom stereocenters. The minimum Gasteiger partial charge on any atom is -0.353 e. The number of hydrogen-bond donors (Lipinski definition) is 1. The van der Waals surface area contributed by atoms with Crippen LogP contribution in [0, 0.1) is 5.82 Å². The highest BCUT2D eigenvalue weighted by Gasteiger charge is 2.33. The molecular weight excluding hydrogens is 326 g/mol. The van der Waals surface area contributed by atoms with Crippen LogP contribution in [-0.4, -0.2) is 38.8 Å². The molecule has 5 nitrogen and oxygen atoms in total. The molecule has 0 aromatic carbocycles. The van der Waals surface area contributed by atoms with Crippen LogP contribution in [0.2, 0.25) is 0 Å². The molecule has 1 aromatic heterocycles. The van der Waals surface area contributed by atoms with Crippen molar-refractivity contribution in [2.75, 3.05) is 24.2 Å². The highest BCUT2D eigenvalue weighted by molar-refractivity contribution is 7.88. The van der Waals surface area contributed by atoms with Crippen LogP contribution in [0.15, 0.2) is 12.3 Å². The summed E-state index contributed by atoms with van der Waals surface area (Å²) >= 11 is 0.